The highest BCUT2D eigenvalue weighted by molar-refractivity contribution is 6.31. The molecule has 1 saturated heterocycles. The van der Waals surface area contributed by atoms with Crippen LogP contribution in [0.5, 0.6) is 0 Å². The van der Waals surface area contributed by atoms with Gasteiger partial charge in [0, 0.05) is 24.0 Å². The van der Waals surface area contributed by atoms with E-state index in [-0.39, 0.29) is 12.0 Å². The average Bonchev–Trinajstić information content (AvgIpc) is 2.98. The van der Waals surface area contributed by atoms with Gasteiger partial charge in [-0.2, -0.15) is 5.10 Å². The fourth-order valence-corrected chi connectivity index (χ4v) is 3.41. The number of rotatable bonds is 2. The van der Waals surface area contributed by atoms with Gasteiger partial charge in [0.05, 0.1) is 5.69 Å². The summed E-state index contributed by atoms with van der Waals surface area (Å²) < 4.78 is 7.39. The van der Waals surface area contributed by atoms with Gasteiger partial charge in [-0.05, 0) is 71.2 Å². The van der Waals surface area contributed by atoms with Gasteiger partial charge in [0.25, 0.3) is 0 Å². The Morgan fingerprint density at radius 2 is 1.89 bits per heavy atom. The van der Waals surface area contributed by atoms with Crippen LogP contribution < -0.4 is 0 Å². The van der Waals surface area contributed by atoms with Crippen LogP contribution in [0.4, 0.5) is 4.79 Å². The molecule has 6 nitrogen and oxygen atoms in total. The number of halogens is 1. The topological polar surface area (TPSA) is 60.3 Å². The SMILES string of the molecule is Cc1nc(C2CCN(C(=O)OC(C)(C)C)CC2)n(-c2ccc(Cl)c(C)c2)n1. The average molecular weight is 391 g/mol. The lowest BCUT2D eigenvalue weighted by Crippen LogP contribution is -2.41. The highest BCUT2D eigenvalue weighted by Gasteiger charge is 2.30. The fraction of sp³-hybridized carbons (Fsp3) is 0.550. The minimum absolute atomic E-state index is 0.244. The number of aryl methyl sites for hydroxylation is 2. The maximum Gasteiger partial charge on any atom is 0.410 e. The molecule has 2 aromatic rings. The number of hydrogen-bond acceptors (Lipinski definition) is 4. The molecule has 0 atom stereocenters. The van der Waals surface area contributed by atoms with Crippen LogP contribution in [0.2, 0.25) is 5.02 Å². The number of hydrogen-bond donors (Lipinski definition) is 0. The highest BCUT2D eigenvalue weighted by Crippen LogP contribution is 2.30. The largest absolute Gasteiger partial charge is 0.444 e. The van der Waals surface area contributed by atoms with Gasteiger partial charge in [0.15, 0.2) is 0 Å². The van der Waals surface area contributed by atoms with Gasteiger partial charge in [-0.3, -0.25) is 0 Å². The predicted octanol–water partition coefficient (Wildman–Crippen LogP) is 4.65. The summed E-state index contributed by atoms with van der Waals surface area (Å²) >= 11 is 6.16. The van der Waals surface area contributed by atoms with Crippen molar-refractivity contribution in [3.8, 4) is 5.69 Å². The first kappa shape index (κ1) is 19.7. The van der Waals surface area contributed by atoms with Crippen molar-refractivity contribution in [2.24, 2.45) is 0 Å². The molecule has 0 bridgehead atoms. The smallest absolute Gasteiger partial charge is 0.410 e. The summed E-state index contributed by atoms with van der Waals surface area (Å²) in [6.45, 7) is 10.9. The first-order valence-corrected chi connectivity index (χ1v) is 9.70. The maximum absolute atomic E-state index is 12.3. The number of nitrogens with zero attached hydrogens (tertiary/aromatic N) is 4. The van der Waals surface area contributed by atoms with Crippen molar-refractivity contribution in [2.75, 3.05) is 13.1 Å². The highest BCUT2D eigenvalue weighted by atomic mass is 35.5. The lowest BCUT2D eigenvalue weighted by molar-refractivity contribution is 0.0202. The minimum atomic E-state index is -0.475. The molecule has 1 aromatic heterocycles. The third-order valence-electron chi connectivity index (χ3n) is 4.64. The van der Waals surface area contributed by atoms with E-state index in [0.717, 1.165) is 40.8 Å². The van der Waals surface area contributed by atoms with E-state index in [1.54, 1.807) is 4.90 Å². The zero-order chi connectivity index (χ0) is 19.8. The molecule has 0 spiro atoms. The molecule has 27 heavy (non-hydrogen) atoms. The Hall–Kier alpha value is -2.08. The second-order valence-electron chi connectivity index (χ2n) is 8.10. The maximum atomic E-state index is 12.3. The van der Waals surface area contributed by atoms with Gasteiger partial charge >= 0.3 is 6.09 Å². The third-order valence-corrected chi connectivity index (χ3v) is 5.06. The number of carbonyl (C=O) groups excluding carboxylic acids is 1. The molecular formula is C20H27ClN4O2. The molecule has 2 heterocycles. The van der Waals surface area contributed by atoms with Crippen molar-refractivity contribution >= 4 is 17.7 Å². The van der Waals surface area contributed by atoms with Crippen LogP contribution in [0.25, 0.3) is 5.69 Å². The van der Waals surface area contributed by atoms with Crippen LogP contribution in [0.3, 0.4) is 0 Å². The van der Waals surface area contributed by atoms with E-state index in [1.807, 2.05) is 57.5 Å². The Morgan fingerprint density at radius 3 is 2.48 bits per heavy atom. The molecule has 0 saturated carbocycles. The van der Waals surface area contributed by atoms with E-state index in [9.17, 15) is 4.79 Å². The van der Waals surface area contributed by atoms with Crippen LogP contribution >= 0.6 is 11.6 Å². The molecule has 1 fully saturated rings. The summed E-state index contributed by atoms with van der Waals surface area (Å²) in [5, 5.41) is 5.33. The van der Waals surface area contributed by atoms with Crippen LogP contribution in [0.15, 0.2) is 18.2 Å². The molecule has 0 aliphatic carbocycles. The number of ether oxygens (including phenoxy) is 1. The monoisotopic (exact) mass is 390 g/mol. The Kier molecular flexibility index (Phi) is 5.47. The summed E-state index contributed by atoms with van der Waals surface area (Å²) in [6, 6.07) is 5.87. The quantitative estimate of drug-likeness (QED) is 0.748. The first-order chi connectivity index (χ1) is 12.6. The lowest BCUT2D eigenvalue weighted by Gasteiger charge is -2.33. The van der Waals surface area contributed by atoms with Crippen molar-refractivity contribution in [2.45, 2.75) is 59.0 Å². The van der Waals surface area contributed by atoms with Gasteiger partial charge in [0.1, 0.15) is 17.2 Å². The Morgan fingerprint density at radius 1 is 1.22 bits per heavy atom. The summed E-state index contributed by atoms with van der Waals surface area (Å²) in [6.07, 6.45) is 1.43. The second-order valence-corrected chi connectivity index (χ2v) is 8.51. The van der Waals surface area contributed by atoms with Crippen molar-refractivity contribution in [1.29, 1.82) is 0 Å². The molecular weight excluding hydrogens is 364 g/mol. The van der Waals surface area contributed by atoms with Gasteiger partial charge in [-0.15, -0.1) is 0 Å². The molecule has 1 aliphatic rings. The number of amides is 1. The van der Waals surface area contributed by atoms with Crippen LogP contribution in [-0.2, 0) is 4.74 Å². The predicted molar refractivity (Wildman–Crippen MR) is 106 cm³/mol. The standard InChI is InChI=1S/C20H27ClN4O2/c1-13-12-16(6-7-17(13)21)25-18(22-14(2)23-25)15-8-10-24(11-9-15)19(26)27-20(3,4)5/h6-7,12,15H,8-11H2,1-5H3. The molecule has 0 N–H and O–H groups in total. The van der Waals surface area contributed by atoms with Crippen molar-refractivity contribution in [3.63, 3.8) is 0 Å². The fourth-order valence-electron chi connectivity index (χ4n) is 3.29. The molecule has 0 unspecified atom stereocenters. The Labute approximate surface area is 165 Å². The normalized spacial score (nSPS) is 15.9. The molecule has 7 heteroatoms. The van der Waals surface area contributed by atoms with E-state index < -0.39 is 5.60 Å². The van der Waals surface area contributed by atoms with Crippen molar-refractivity contribution in [1.82, 2.24) is 19.7 Å². The van der Waals surface area contributed by atoms with E-state index in [0.29, 0.717) is 13.1 Å². The van der Waals surface area contributed by atoms with Crippen molar-refractivity contribution < 1.29 is 9.53 Å². The number of piperidine rings is 1. The van der Waals surface area contributed by atoms with Gasteiger partial charge in [-0.1, -0.05) is 11.6 Å². The van der Waals surface area contributed by atoms with Crippen LogP contribution in [-0.4, -0.2) is 44.4 Å². The van der Waals surface area contributed by atoms with Crippen molar-refractivity contribution in [3.05, 3.63) is 40.4 Å². The molecule has 1 amide bonds. The molecule has 0 radical (unpaired) electrons. The third kappa shape index (κ3) is 4.61. The summed E-state index contributed by atoms with van der Waals surface area (Å²) in [5.41, 5.74) is 1.49. The zero-order valence-electron chi connectivity index (χ0n) is 16.6. The summed E-state index contributed by atoms with van der Waals surface area (Å²) in [5.74, 6) is 1.94. The molecule has 1 aliphatic heterocycles. The lowest BCUT2D eigenvalue weighted by atomic mass is 9.96. The van der Waals surface area contributed by atoms with Gasteiger partial charge < -0.3 is 9.64 Å². The van der Waals surface area contributed by atoms with Crippen LogP contribution in [0.1, 0.15) is 56.7 Å². The molecule has 3 rings (SSSR count). The summed E-state index contributed by atoms with van der Waals surface area (Å²) in [4.78, 5) is 18.7. The summed E-state index contributed by atoms with van der Waals surface area (Å²) in [7, 11) is 0. The minimum Gasteiger partial charge on any atom is -0.444 e. The number of benzene rings is 1. The van der Waals surface area contributed by atoms with Gasteiger partial charge in [0.2, 0.25) is 0 Å². The van der Waals surface area contributed by atoms with E-state index >= 15 is 0 Å². The van der Waals surface area contributed by atoms with E-state index in [2.05, 4.69) is 10.1 Å². The second kappa shape index (κ2) is 7.50. The van der Waals surface area contributed by atoms with E-state index in [1.165, 1.54) is 0 Å². The Balaban J connectivity index is 1.75. The number of aromatic nitrogens is 3. The number of carbonyl (C=O) groups is 1. The van der Waals surface area contributed by atoms with Gasteiger partial charge in [-0.25, -0.2) is 14.5 Å². The Bertz CT molecular complexity index is 833. The molecule has 146 valence electrons. The van der Waals surface area contributed by atoms with E-state index in [4.69, 9.17) is 16.3 Å². The number of likely N-dealkylation sites (tertiary alicyclic amines) is 1. The van der Waals surface area contributed by atoms with Crippen LogP contribution in [0, 0.1) is 13.8 Å². The first-order valence-electron chi connectivity index (χ1n) is 9.32. The molecule has 1 aromatic carbocycles. The zero-order valence-corrected chi connectivity index (χ0v) is 17.4.